The summed E-state index contributed by atoms with van der Waals surface area (Å²) < 4.78 is 10.9. The maximum absolute atomic E-state index is 10.4. The molecule has 1 unspecified atom stereocenters. The van der Waals surface area contributed by atoms with Gasteiger partial charge in [0.15, 0.2) is 12.5 Å². The van der Waals surface area contributed by atoms with Crippen molar-refractivity contribution >= 4 is 0 Å². The highest BCUT2D eigenvalue weighted by Crippen LogP contribution is 2.21. The van der Waals surface area contributed by atoms with E-state index < -0.39 is 6.23 Å². The highest BCUT2D eigenvalue weighted by Gasteiger charge is 2.25. The minimum Gasteiger partial charge on any atom is -0.507 e. The van der Waals surface area contributed by atoms with Crippen molar-refractivity contribution in [2.24, 2.45) is 0 Å². The Kier molecular flexibility index (Phi) is 5.52. The molecule has 1 atom stereocenters. The molecule has 1 saturated heterocycles. The third kappa shape index (κ3) is 4.15. The largest absolute Gasteiger partial charge is 0.507 e. The Labute approximate surface area is 142 Å². The molecule has 0 aliphatic carbocycles. The van der Waals surface area contributed by atoms with Crippen molar-refractivity contribution in [3.8, 4) is 0 Å². The van der Waals surface area contributed by atoms with E-state index in [1.165, 1.54) is 0 Å². The van der Waals surface area contributed by atoms with Crippen molar-refractivity contribution in [3.63, 3.8) is 0 Å². The van der Waals surface area contributed by atoms with E-state index in [1.54, 1.807) is 4.90 Å². The minimum atomic E-state index is -1.03. The number of likely N-dealkylation sites (N-methyl/N-ethyl adjacent to an activating group) is 1. The number of hydrogen-bond donors (Lipinski definition) is 2. The molecule has 0 radical (unpaired) electrons. The lowest BCUT2D eigenvalue weighted by Gasteiger charge is -2.31. The van der Waals surface area contributed by atoms with Gasteiger partial charge in [-0.05, 0) is 18.7 Å². The average Bonchev–Trinajstić information content (AvgIpc) is 3.08. The van der Waals surface area contributed by atoms with Gasteiger partial charge in [0.25, 0.3) is 0 Å². The first kappa shape index (κ1) is 17.0. The molecule has 0 bridgehead atoms. The molecule has 2 aliphatic rings. The monoisotopic (exact) mass is 332 g/mol. The molecule has 1 fully saturated rings. The summed E-state index contributed by atoms with van der Waals surface area (Å²) in [7, 11) is 1.93. The fraction of sp³-hybridized carbons (Fsp3) is 0.444. The van der Waals surface area contributed by atoms with Crippen LogP contribution in [0.15, 0.2) is 53.9 Å². The first-order valence-corrected chi connectivity index (χ1v) is 8.13. The van der Waals surface area contributed by atoms with Gasteiger partial charge in [0.2, 0.25) is 0 Å². The van der Waals surface area contributed by atoms with Crippen LogP contribution in [0.2, 0.25) is 0 Å². The van der Waals surface area contributed by atoms with Gasteiger partial charge in [-0.3, -0.25) is 4.90 Å². The van der Waals surface area contributed by atoms with Crippen molar-refractivity contribution in [3.05, 3.63) is 59.5 Å². The topological polar surface area (TPSA) is 65.4 Å². The SMILES string of the molecule is CN(CC1=C(O)C(O)N(Cc2ccccc2)C=C1)CC1OCCO1. The lowest BCUT2D eigenvalue weighted by atomic mass is 10.1. The maximum Gasteiger partial charge on any atom is 0.185 e. The van der Waals surface area contributed by atoms with Gasteiger partial charge in [0.05, 0.1) is 13.2 Å². The lowest BCUT2D eigenvalue weighted by molar-refractivity contribution is -0.0571. The fourth-order valence-corrected chi connectivity index (χ4v) is 2.87. The molecule has 1 aromatic rings. The van der Waals surface area contributed by atoms with Gasteiger partial charge in [0, 0.05) is 31.4 Å². The van der Waals surface area contributed by atoms with Crippen molar-refractivity contribution in [2.45, 2.75) is 19.1 Å². The summed E-state index contributed by atoms with van der Waals surface area (Å²) in [4.78, 5) is 3.71. The summed E-state index contributed by atoms with van der Waals surface area (Å²) in [6, 6.07) is 9.85. The molecule has 2 heterocycles. The molecule has 1 aromatic carbocycles. The Bertz CT molecular complexity index is 596. The molecule has 3 rings (SSSR count). The quantitative estimate of drug-likeness (QED) is 0.822. The summed E-state index contributed by atoms with van der Waals surface area (Å²) in [5.74, 6) is -0.00598. The first-order valence-electron chi connectivity index (χ1n) is 8.13. The van der Waals surface area contributed by atoms with Crippen LogP contribution >= 0.6 is 0 Å². The number of benzene rings is 1. The Morgan fingerprint density at radius 3 is 2.62 bits per heavy atom. The van der Waals surface area contributed by atoms with E-state index in [4.69, 9.17) is 9.47 Å². The van der Waals surface area contributed by atoms with Gasteiger partial charge >= 0.3 is 0 Å². The van der Waals surface area contributed by atoms with E-state index in [-0.39, 0.29) is 12.0 Å². The lowest BCUT2D eigenvalue weighted by Crippen LogP contribution is -2.37. The smallest absolute Gasteiger partial charge is 0.185 e. The molecule has 6 heteroatoms. The molecule has 6 nitrogen and oxygen atoms in total. The van der Waals surface area contributed by atoms with Crippen LogP contribution in [0.25, 0.3) is 0 Å². The minimum absolute atomic E-state index is 0.00598. The Hall–Kier alpha value is -1.86. The van der Waals surface area contributed by atoms with Crippen molar-refractivity contribution < 1.29 is 19.7 Å². The Balaban J connectivity index is 1.58. The second-order valence-corrected chi connectivity index (χ2v) is 6.13. The molecular weight excluding hydrogens is 308 g/mol. The van der Waals surface area contributed by atoms with Crippen LogP contribution < -0.4 is 0 Å². The summed E-state index contributed by atoms with van der Waals surface area (Å²) in [5, 5.41) is 20.7. The average molecular weight is 332 g/mol. The van der Waals surface area contributed by atoms with Gasteiger partial charge in [-0.2, -0.15) is 0 Å². The third-order valence-electron chi connectivity index (χ3n) is 4.15. The zero-order valence-electron chi connectivity index (χ0n) is 13.8. The van der Waals surface area contributed by atoms with Gasteiger partial charge in [-0.15, -0.1) is 0 Å². The summed E-state index contributed by atoms with van der Waals surface area (Å²) in [6.45, 7) is 2.92. The van der Waals surface area contributed by atoms with Crippen LogP contribution in [0, 0.1) is 0 Å². The van der Waals surface area contributed by atoms with Crippen LogP contribution in [0.5, 0.6) is 0 Å². The zero-order chi connectivity index (χ0) is 16.9. The highest BCUT2D eigenvalue weighted by atomic mass is 16.7. The van der Waals surface area contributed by atoms with Gasteiger partial charge in [-0.1, -0.05) is 30.3 Å². The normalized spacial score (nSPS) is 22.0. The molecule has 0 spiro atoms. The number of hydrogen-bond acceptors (Lipinski definition) is 6. The molecular formula is C18H24N2O4. The first-order chi connectivity index (χ1) is 11.6. The fourth-order valence-electron chi connectivity index (χ4n) is 2.87. The standard InChI is InChI=1S/C18H24N2O4/c1-19(13-16-23-9-10-24-16)12-15-7-8-20(18(22)17(15)21)11-14-5-3-2-4-6-14/h2-8,16,18,21-22H,9-13H2,1H3. The van der Waals surface area contributed by atoms with E-state index in [9.17, 15) is 10.2 Å². The summed E-state index contributed by atoms with van der Waals surface area (Å²) in [5.41, 5.74) is 1.78. The number of nitrogens with zero attached hydrogens (tertiary/aromatic N) is 2. The van der Waals surface area contributed by atoms with Gasteiger partial charge < -0.3 is 24.6 Å². The molecule has 0 saturated carbocycles. The molecule has 2 N–H and O–H groups in total. The molecule has 2 aliphatic heterocycles. The number of aliphatic hydroxyl groups is 2. The number of aliphatic hydroxyl groups excluding tert-OH is 2. The van der Waals surface area contributed by atoms with Crippen LogP contribution in [0.3, 0.4) is 0 Å². The molecule has 0 aromatic heterocycles. The highest BCUT2D eigenvalue weighted by molar-refractivity contribution is 5.29. The second kappa shape index (κ2) is 7.81. The van der Waals surface area contributed by atoms with Crippen molar-refractivity contribution in [1.29, 1.82) is 0 Å². The van der Waals surface area contributed by atoms with Crippen molar-refractivity contribution in [1.82, 2.24) is 9.80 Å². The van der Waals surface area contributed by atoms with Gasteiger partial charge in [-0.25, -0.2) is 0 Å². The number of rotatable bonds is 6. The Morgan fingerprint density at radius 2 is 1.92 bits per heavy atom. The predicted octanol–water partition coefficient (Wildman–Crippen LogP) is 1.45. The van der Waals surface area contributed by atoms with Crippen LogP contribution in [0.1, 0.15) is 5.56 Å². The van der Waals surface area contributed by atoms with Gasteiger partial charge in [0.1, 0.15) is 5.76 Å². The zero-order valence-corrected chi connectivity index (χ0v) is 13.8. The predicted molar refractivity (Wildman–Crippen MR) is 90.0 cm³/mol. The number of ether oxygens (including phenoxy) is 2. The molecule has 24 heavy (non-hydrogen) atoms. The molecule has 130 valence electrons. The van der Waals surface area contributed by atoms with E-state index in [0.717, 1.165) is 5.56 Å². The van der Waals surface area contributed by atoms with E-state index in [1.807, 2.05) is 54.6 Å². The molecule has 0 amide bonds. The van der Waals surface area contributed by atoms with E-state index in [0.29, 0.717) is 38.4 Å². The van der Waals surface area contributed by atoms with E-state index >= 15 is 0 Å². The second-order valence-electron chi connectivity index (χ2n) is 6.13. The van der Waals surface area contributed by atoms with Crippen LogP contribution in [-0.2, 0) is 16.0 Å². The maximum atomic E-state index is 10.4. The summed E-state index contributed by atoms with van der Waals surface area (Å²) in [6.07, 6.45) is 2.42. The van der Waals surface area contributed by atoms with Crippen LogP contribution in [-0.4, -0.2) is 65.9 Å². The summed E-state index contributed by atoms with van der Waals surface area (Å²) >= 11 is 0. The van der Waals surface area contributed by atoms with Crippen molar-refractivity contribution in [2.75, 3.05) is 33.4 Å². The van der Waals surface area contributed by atoms with Crippen LogP contribution in [0.4, 0.5) is 0 Å². The third-order valence-corrected chi connectivity index (χ3v) is 4.15. The van der Waals surface area contributed by atoms with E-state index in [2.05, 4.69) is 0 Å². The Morgan fingerprint density at radius 1 is 1.21 bits per heavy atom.